The lowest BCUT2D eigenvalue weighted by Gasteiger charge is -2.34. The number of aryl methyl sites for hydroxylation is 2. The van der Waals surface area contributed by atoms with Crippen LogP contribution in [0.25, 0.3) is 43.4 Å². The molecule has 4 aromatic heterocycles. The van der Waals surface area contributed by atoms with Crippen LogP contribution in [-0.4, -0.2) is 163 Å². The van der Waals surface area contributed by atoms with Crippen molar-refractivity contribution in [3.05, 3.63) is 101 Å². The molecule has 3 aromatic carbocycles. The molecule has 8 atom stereocenters. The molecule has 5 fully saturated rings. The average Bonchev–Trinajstić information content (AvgIpc) is 3.00. The molecule has 5 saturated heterocycles. The van der Waals surface area contributed by atoms with Gasteiger partial charge in [-0.15, -0.1) is 11.3 Å². The molecule has 5 aliphatic rings. The minimum absolute atomic E-state index is 0.0111. The first kappa shape index (κ1) is 57.9. The van der Waals surface area contributed by atoms with E-state index in [2.05, 4.69) is 30.6 Å². The Bertz CT molecular complexity index is 3580. The number of thiazole rings is 1. The highest BCUT2D eigenvalue weighted by molar-refractivity contribution is 7.13. The lowest BCUT2D eigenvalue weighted by Crippen LogP contribution is -2.51. The quantitative estimate of drug-likeness (QED) is 0.0667. The van der Waals surface area contributed by atoms with E-state index in [-0.39, 0.29) is 97.0 Å². The summed E-state index contributed by atoms with van der Waals surface area (Å²) in [6.07, 6.45) is 5.62. The number of amides is 3. The Morgan fingerprint density at radius 1 is 0.929 bits per heavy atom. The fourth-order valence-corrected chi connectivity index (χ4v) is 14.1. The lowest BCUT2D eigenvalue weighted by molar-refractivity contribution is -0.141. The van der Waals surface area contributed by atoms with E-state index in [0.29, 0.717) is 80.1 Å². The summed E-state index contributed by atoms with van der Waals surface area (Å²) in [4.78, 5) is 69.0. The third-order valence-corrected chi connectivity index (χ3v) is 19.0. The number of phenolic OH excluding ortho intramolecular Hbond substituents is 1. The maximum absolute atomic E-state index is 17.2. The van der Waals surface area contributed by atoms with Crippen molar-refractivity contribution >= 4 is 56.7 Å². The van der Waals surface area contributed by atoms with Crippen LogP contribution < -0.4 is 25.0 Å². The lowest BCUT2D eigenvalue weighted by atomic mass is 9.91. The Kier molecular flexibility index (Phi) is 16.6. The largest absolute Gasteiger partial charge is 0.508 e. The number of ether oxygens (including phenoxy) is 3. The fraction of sp³-hybridized carbons (Fsp3) is 0.492. The molecule has 2 unspecified atom stereocenters. The number of halogens is 1. The van der Waals surface area contributed by atoms with Crippen LogP contribution in [0.5, 0.6) is 17.6 Å². The maximum Gasteiger partial charge on any atom is 0.409 e. The molecular weight excluding hydrogens is 1110 g/mol. The number of carbonyl (C=O) groups is 3. The minimum Gasteiger partial charge on any atom is -0.508 e. The van der Waals surface area contributed by atoms with Crippen molar-refractivity contribution in [1.82, 2.24) is 50.4 Å². The van der Waals surface area contributed by atoms with Crippen molar-refractivity contribution in [2.24, 2.45) is 5.92 Å². The van der Waals surface area contributed by atoms with Crippen molar-refractivity contribution < 1.29 is 47.7 Å². The molecule has 3 amide bonds. The summed E-state index contributed by atoms with van der Waals surface area (Å²) in [6, 6.07) is 18.0. The van der Waals surface area contributed by atoms with Crippen LogP contribution in [0, 0.1) is 18.7 Å². The smallest absolute Gasteiger partial charge is 0.409 e. The molecule has 0 radical (unpaired) electrons. The molecule has 448 valence electrons. The molecule has 20 nitrogen and oxygen atoms in total. The molecule has 22 heteroatoms. The second kappa shape index (κ2) is 24.4. The van der Waals surface area contributed by atoms with Crippen LogP contribution in [0.2, 0.25) is 0 Å². The minimum atomic E-state index is -0.875. The van der Waals surface area contributed by atoms with Gasteiger partial charge in [-0.25, -0.2) is 14.2 Å². The van der Waals surface area contributed by atoms with Gasteiger partial charge in [0, 0.05) is 94.0 Å². The van der Waals surface area contributed by atoms with Crippen LogP contribution in [0.1, 0.15) is 107 Å². The number of likely N-dealkylation sites (tertiary alicyclic amines) is 3. The molecule has 12 rings (SSSR count). The number of aliphatic hydroxyl groups is 1. The number of aliphatic hydroxyl groups excluding tert-OH is 1. The maximum atomic E-state index is 17.2. The Morgan fingerprint density at radius 2 is 1.68 bits per heavy atom. The van der Waals surface area contributed by atoms with Gasteiger partial charge in [-0.1, -0.05) is 63.2 Å². The highest BCUT2D eigenvalue weighted by Crippen LogP contribution is 2.40. The van der Waals surface area contributed by atoms with Gasteiger partial charge in [0.05, 0.1) is 33.6 Å². The van der Waals surface area contributed by atoms with Crippen LogP contribution in [0.3, 0.4) is 0 Å². The molecule has 0 spiro atoms. The number of pyridine rings is 1. The van der Waals surface area contributed by atoms with Crippen LogP contribution >= 0.6 is 11.3 Å². The highest BCUT2D eigenvalue weighted by atomic mass is 32.1. The summed E-state index contributed by atoms with van der Waals surface area (Å²) < 4.78 is 41.6. The number of benzene rings is 3. The van der Waals surface area contributed by atoms with Gasteiger partial charge in [-0.05, 0) is 104 Å². The first-order chi connectivity index (χ1) is 41.1. The number of hydrogen-bond acceptors (Lipinski definition) is 18. The van der Waals surface area contributed by atoms with Crippen molar-refractivity contribution in [2.75, 3.05) is 57.9 Å². The van der Waals surface area contributed by atoms with Gasteiger partial charge in [-0.2, -0.15) is 9.97 Å². The third-order valence-electron chi connectivity index (χ3n) is 18.0. The zero-order chi connectivity index (χ0) is 59.2. The van der Waals surface area contributed by atoms with E-state index in [9.17, 15) is 24.6 Å². The van der Waals surface area contributed by atoms with Crippen molar-refractivity contribution in [1.29, 1.82) is 0 Å². The normalized spacial score (nSPS) is 22.6. The van der Waals surface area contributed by atoms with E-state index in [1.807, 2.05) is 89.6 Å². The summed E-state index contributed by atoms with van der Waals surface area (Å²) in [5, 5.41) is 34.6. The predicted octanol–water partition coefficient (Wildman–Crippen LogP) is 8.71. The average molecular weight is 1180 g/mol. The number of nitrogens with one attached hydrogen (secondary N) is 2. The number of likely N-dealkylation sites (N-methyl/N-ethyl adjacent to an activating group) is 1. The second-order valence-electron chi connectivity index (χ2n) is 24.0. The molecule has 5 aliphatic heterocycles. The Hall–Kier alpha value is -7.53. The number of piperazine rings is 1. The second-order valence-corrected chi connectivity index (χ2v) is 24.8. The predicted molar refractivity (Wildman–Crippen MR) is 319 cm³/mol. The Labute approximate surface area is 497 Å². The zero-order valence-electron chi connectivity index (χ0n) is 48.9. The van der Waals surface area contributed by atoms with Crippen molar-refractivity contribution in [3.63, 3.8) is 0 Å². The molecule has 0 aliphatic carbocycles. The van der Waals surface area contributed by atoms with Gasteiger partial charge < -0.3 is 54.3 Å². The highest BCUT2D eigenvalue weighted by Gasteiger charge is 2.44. The molecule has 4 N–H and O–H groups in total. The number of hydrogen-bond donors (Lipinski definition) is 4. The molecular formula is C63H74FN11O9S. The Balaban J connectivity index is 0.636. The number of piperidine rings is 1. The standard InChI is InChI=1S/C63H74FN11O9S/c1-7-37-9-8-10-40-23-45(76)24-48(54(37)40)56-55(64)57-49(27-65-56)59(74-28-41-15-16-42(29-74)68-41)70-62(69-57)81-31-43-17-18-44(72(43)6)32-82-63(80)73-21-19-47(20-22-73)83-52-26-51(84-71-52)53(34(2)3)61(79)75-30-46(77)25-50(75)60(78)67-35(4)38-11-13-39(14-12-38)58-36(5)66-33-85-58/h8-14,23-24,26-27,33-35,41-44,46-47,50,53,68,76-77H,7,15-22,25,28-32H2,1-6H3,(H,67,78)/t35-,41?,42?,43-,44-,46+,50-,53-/m0/s1. The van der Waals surface area contributed by atoms with Gasteiger partial charge in [0.2, 0.25) is 11.8 Å². The van der Waals surface area contributed by atoms with Crippen molar-refractivity contribution in [2.45, 2.75) is 140 Å². The number of nitrogens with zero attached hydrogens (tertiary/aromatic N) is 9. The van der Waals surface area contributed by atoms with E-state index in [1.54, 1.807) is 40.6 Å². The molecule has 85 heavy (non-hydrogen) atoms. The van der Waals surface area contributed by atoms with E-state index in [0.717, 1.165) is 63.7 Å². The molecule has 0 saturated carbocycles. The fourth-order valence-electron chi connectivity index (χ4n) is 13.3. The molecule has 9 heterocycles. The summed E-state index contributed by atoms with van der Waals surface area (Å²) in [6.45, 7) is 12.4. The van der Waals surface area contributed by atoms with E-state index in [1.165, 1.54) is 4.90 Å². The number of fused-ring (bicyclic) bond motifs is 4. The summed E-state index contributed by atoms with van der Waals surface area (Å²) in [7, 11) is 1.99. The van der Waals surface area contributed by atoms with Gasteiger partial charge in [0.1, 0.15) is 54.1 Å². The van der Waals surface area contributed by atoms with E-state index < -0.39 is 30.0 Å². The number of anilines is 1. The number of β-amino-alcohol motifs (C(OH)–C–C–N with tert-alkyl or cyclic N) is 1. The van der Waals surface area contributed by atoms with E-state index in [4.69, 9.17) is 33.7 Å². The van der Waals surface area contributed by atoms with Gasteiger partial charge in [0.25, 0.3) is 5.88 Å². The number of phenols is 1. The first-order valence-electron chi connectivity index (χ1n) is 29.9. The SMILES string of the molecule is CCc1cccc2cc(O)cc(-c3ncc4c(N5CC6CCC(C5)N6)nc(OC[C@@H]5CC[C@@H](COC(=O)N6CCC(Oc7cc([C@@H](C(=O)N8C[C@H](O)C[C@H]8C(=O)N[C@@H](C)c8ccc(-c9scnc9C)cc8)C(C)C)on7)CC6)N5C)nc4c3F)c12. The third kappa shape index (κ3) is 11.9. The number of aromatic hydroxyl groups is 1. The van der Waals surface area contributed by atoms with Crippen LogP contribution in [0.15, 0.2) is 76.9 Å². The Morgan fingerprint density at radius 3 is 2.40 bits per heavy atom. The van der Waals surface area contributed by atoms with Gasteiger partial charge in [0.15, 0.2) is 11.6 Å². The summed E-state index contributed by atoms with van der Waals surface area (Å²) in [5.41, 5.74) is 6.44. The monoisotopic (exact) mass is 1180 g/mol. The molecule has 7 aromatic rings. The van der Waals surface area contributed by atoms with E-state index >= 15 is 4.39 Å². The van der Waals surface area contributed by atoms with Crippen LogP contribution in [-0.2, 0) is 20.7 Å². The number of rotatable bonds is 17. The molecule has 2 bridgehead atoms. The van der Waals surface area contributed by atoms with Gasteiger partial charge in [-0.3, -0.25) is 19.5 Å². The first-order valence-corrected chi connectivity index (χ1v) is 30.8. The summed E-state index contributed by atoms with van der Waals surface area (Å²) in [5.74, 6) is -1.21. The van der Waals surface area contributed by atoms with Crippen LogP contribution in [0.4, 0.5) is 15.0 Å². The zero-order valence-corrected chi connectivity index (χ0v) is 49.7. The number of aromatic nitrogens is 5. The topological polar surface area (TPSA) is 234 Å². The van der Waals surface area contributed by atoms with Crippen molar-refractivity contribution in [3.8, 4) is 39.3 Å². The van der Waals surface area contributed by atoms with Gasteiger partial charge >= 0.3 is 12.1 Å². The summed E-state index contributed by atoms with van der Waals surface area (Å²) >= 11 is 1.58. The number of carbonyl (C=O) groups excluding carboxylic acids is 3.